The quantitative estimate of drug-likeness (QED) is 0.269. The van der Waals surface area contributed by atoms with Gasteiger partial charge in [0.05, 0.1) is 29.8 Å². The molecule has 0 saturated heterocycles. The van der Waals surface area contributed by atoms with Crippen molar-refractivity contribution in [3.8, 4) is 16.9 Å². The molecule has 0 aliphatic carbocycles. The Hall–Kier alpha value is -4.21. The third kappa shape index (κ3) is 5.07. The van der Waals surface area contributed by atoms with Gasteiger partial charge in [-0.05, 0) is 65.6 Å². The molecule has 4 aromatic rings. The Morgan fingerprint density at radius 3 is 2.22 bits per heavy atom. The number of benzene rings is 3. The lowest BCUT2D eigenvalue weighted by molar-refractivity contribution is 0.0707. The summed E-state index contributed by atoms with van der Waals surface area (Å²) in [4.78, 5) is 16.6. The number of sulfonamides is 1. The van der Waals surface area contributed by atoms with E-state index in [0.717, 1.165) is 16.9 Å². The van der Waals surface area contributed by atoms with E-state index in [1.54, 1.807) is 68.3 Å². The van der Waals surface area contributed by atoms with E-state index >= 15 is 0 Å². The van der Waals surface area contributed by atoms with Crippen LogP contribution in [0.15, 0.2) is 96.2 Å². The van der Waals surface area contributed by atoms with Crippen molar-refractivity contribution in [2.75, 3.05) is 11.4 Å². The highest BCUT2D eigenvalue weighted by atomic mass is 32.2. The predicted octanol–water partition coefficient (Wildman–Crippen LogP) is 4.58. The van der Waals surface area contributed by atoms with Crippen LogP contribution in [0.1, 0.15) is 21.5 Å². The molecule has 184 valence electrons. The van der Waals surface area contributed by atoms with Crippen LogP contribution in [0, 0.1) is 6.92 Å². The second-order valence-corrected chi connectivity index (χ2v) is 9.90. The van der Waals surface area contributed by atoms with Crippen LogP contribution in [0.3, 0.4) is 0 Å². The van der Waals surface area contributed by atoms with Gasteiger partial charge in [0.25, 0.3) is 15.9 Å². The number of aryl methyl sites for hydroxylation is 1. The van der Waals surface area contributed by atoms with E-state index in [1.807, 2.05) is 24.3 Å². The number of aromatic nitrogens is 1. The first-order chi connectivity index (χ1) is 17.3. The van der Waals surface area contributed by atoms with Crippen molar-refractivity contribution in [3.05, 3.63) is 108 Å². The molecular weight excluding hydrogens is 478 g/mol. The number of amides is 1. The van der Waals surface area contributed by atoms with Crippen LogP contribution >= 0.6 is 0 Å². The molecule has 3 aromatic carbocycles. The number of methoxy groups -OCH3 is 1. The molecule has 0 radical (unpaired) electrons. The Kier molecular flexibility index (Phi) is 7.33. The number of nitrogens with zero attached hydrogens (tertiary/aromatic N) is 2. The maximum Gasteiger partial charge on any atom is 0.276 e. The highest BCUT2D eigenvalue weighted by Gasteiger charge is 2.30. The van der Waals surface area contributed by atoms with Gasteiger partial charge in [-0.15, -0.1) is 0 Å². The first-order valence-corrected chi connectivity index (χ1v) is 12.5. The molecule has 36 heavy (non-hydrogen) atoms. The van der Waals surface area contributed by atoms with E-state index in [9.17, 15) is 18.4 Å². The zero-order valence-electron chi connectivity index (χ0n) is 19.8. The summed E-state index contributed by atoms with van der Waals surface area (Å²) >= 11 is 0. The normalized spacial score (nSPS) is 11.1. The van der Waals surface area contributed by atoms with E-state index in [1.165, 1.54) is 22.5 Å². The van der Waals surface area contributed by atoms with E-state index in [2.05, 4.69) is 4.98 Å². The Balaban J connectivity index is 1.80. The minimum absolute atomic E-state index is 0.0276. The summed E-state index contributed by atoms with van der Waals surface area (Å²) in [6, 6.07) is 22.3. The second-order valence-electron chi connectivity index (χ2n) is 8.04. The number of para-hydroxylation sites is 1. The minimum Gasteiger partial charge on any atom is -0.497 e. The van der Waals surface area contributed by atoms with Crippen LogP contribution < -0.4 is 14.5 Å². The first-order valence-electron chi connectivity index (χ1n) is 11.1. The van der Waals surface area contributed by atoms with Crippen molar-refractivity contribution in [1.29, 1.82) is 0 Å². The molecule has 0 atom stereocenters. The molecule has 0 bridgehead atoms. The van der Waals surface area contributed by atoms with Crippen LogP contribution in [0.25, 0.3) is 11.1 Å². The Morgan fingerprint density at radius 1 is 0.972 bits per heavy atom. The average Bonchev–Trinajstić information content (AvgIpc) is 2.92. The van der Waals surface area contributed by atoms with Crippen LogP contribution in [0.5, 0.6) is 5.75 Å². The van der Waals surface area contributed by atoms with Gasteiger partial charge in [-0.2, -0.15) is 0 Å². The zero-order chi connectivity index (χ0) is 25.7. The molecule has 0 spiro atoms. The molecule has 9 heteroatoms. The SMILES string of the molecule is COc1ccc(-c2ccc(S(=O)(=O)N(Cc3cccnc3)c3c(C)cccc3C(=O)NO)cc2)cc1. The van der Waals surface area contributed by atoms with E-state index in [0.29, 0.717) is 11.1 Å². The van der Waals surface area contributed by atoms with Gasteiger partial charge in [0.2, 0.25) is 0 Å². The smallest absolute Gasteiger partial charge is 0.276 e. The third-order valence-corrected chi connectivity index (χ3v) is 7.51. The summed E-state index contributed by atoms with van der Waals surface area (Å²) in [5.74, 6) is -0.0834. The fraction of sp³-hybridized carbons (Fsp3) is 0.111. The molecule has 0 unspecified atom stereocenters. The number of hydroxylamine groups is 1. The molecule has 1 amide bonds. The topological polar surface area (TPSA) is 109 Å². The fourth-order valence-corrected chi connectivity index (χ4v) is 5.44. The highest BCUT2D eigenvalue weighted by molar-refractivity contribution is 7.92. The number of rotatable bonds is 8. The van der Waals surface area contributed by atoms with E-state index in [-0.39, 0.29) is 22.7 Å². The number of hydrogen-bond donors (Lipinski definition) is 2. The third-order valence-electron chi connectivity index (χ3n) is 5.75. The maximum absolute atomic E-state index is 14.0. The summed E-state index contributed by atoms with van der Waals surface area (Å²) < 4.78 is 34.3. The summed E-state index contributed by atoms with van der Waals surface area (Å²) in [7, 11) is -2.53. The lowest BCUT2D eigenvalue weighted by Gasteiger charge is -2.28. The molecule has 2 N–H and O–H groups in total. The van der Waals surface area contributed by atoms with Gasteiger partial charge in [-0.3, -0.25) is 19.3 Å². The first kappa shape index (κ1) is 24.9. The number of pyridine rings is 1. The standard InChI is InChI=1S/C27H25N3O5S/c1-19-5-3-7-25(27(31)29-32)26(19)30(18-20-6-4-16-28-17-20)36(33,34)24-14-10-22(11-15-24)21-8-12-23(35-2)13-9-21/h3-17,32H,18H2,1-2H3,(H,29,31). The van der Waals surface area contributed by atoms with Crippen molar-refractivity contribution in [3.63, 3.8) is 0 Å². The maximum atomic E-state index is 14.0. The monoisotopic (exact) mass is 503 g/mol. The van der Waals surface area contributed by atoms with Gasteiger partial charge < -0.3 is 4.74 Å². The number of carbonyl (C=O) groups is 1. The van der Waals surface area contributed by atoms with Gasteiger partial charge >= 0.3 is 0 Å². The zero-order valence-corrected chi connectivity index (χ0v) is 20.6. The number of nitrogens with one attached hydrogen (secondary N) is 1. The number of carbonyl (C=O) groups excluding carboxylic acids is 1. The molecule has 4 rings (SSSR count). The van der Waals surface area contributed by atoms with Crippen LogP contribution in [-0.4, -0.2) is 31.6 Å². The number of ether oxygens (including phenoxy) is 1. The summed E-state index contributed by atoms with van der Waals surface area (Å²) in [6.07, 6.45) is 3.16. The van der Waals surface area contributed by atoms with Crippen molar-refractivity contribution in [2.45, 2.75) is 18.4 Å². The Bertz CT molecular complexity index is 1460. The molecule has 1 heterocycles. The molecule has 8 nitrogen and oxygen atoms in total. The van der Waals surface area contributed by atoms with Crippen LogP contribution in [-0.2, 0) is 16.6 Å². The summed E-state index contributed by atoms with van der Waals surface area (Å²) in [6.45, 7) is 1.65. The van der Waals surface area contributed by atoms with Crippen molar-refractivity contribution in [2.24, 2.45) is 0 Å². The fourth-order valence-electron chi connectivity index (χ4n) is 3.91. The summed E-state index contributed by atoms with van der Waals surface area (Å²) in [5.41, 5.74) is 4.75. The lowest BCUT2D eigenvalue weighted by atomic mass is 10.1. The van der Waals surface area contributed by atoms with Gasteiger partial charge in [0.1, 0.15) is 5.75 Å². The van der Waals surface area contributed by atoms with Crippen LogP contribution in [0.2, 0.25) is 0 Å². The lowest BCUT2D eigenvalue weighted by Crippen LogP contribution is -2.34. The predicted molar refractivity (Wildman–Crippen MR) is 136 cm³/mol. The average molecular weight is 504 g/mol. The Morgan fingerprint density at radius 2 is 1.64 bits per heavy atom. The van der Waals surface area contributed by atoms with Crippen LogP contribution in [0.4, 0.5) is 5.69 Å². The van der Waals surface area contributed by atoms with Crippen molar-refractivity contribution < 1.29 is 23.2 Å². The minimum atomic E-state index is -4.12. The number of hydrogen-bond acceptors (Lipinski definition) is 6. The number of anilines is 1. The highest BCUT2D eigenvalue weighted by Crippen LogP contribution is 2.33. The van der Waals surface area contributed by atoms with E-state index < -0.39 is 15.9 Å². The molecule has 0 aliphatic heterocycles. The largest absolute Gasteiger partial charge is 0.497 e. The molecule has 0 fully saturated rings. The van der Waals surface area contributed by atoms with Gasteiger partial charge in [-0.25, -0.2) is 13.9 Å². The molecular formula is C27H25N3O5S. The second kappa shape index (κ2) is 10.6. The van der Waals surface area contributed by atoms with E-state index in [4.69, 9.17) is 4.74 Å². The Labute approximate surface area is 209 Å². The summed E-state index contributed by atoms with van der Waals surface area (Å²) in [5, 5.41) is 9.28. The van der Waals surface area contributed by atoms with Gasteiger partial charge in [-0.1, -0.05) is 42.5 Å². The molecule has 0 aliphatic rings. The molecule has 0 saturated carbocycles. The van der Waals surface area contributed by atoms with Crippen molar-refractivity contribution in [1.82, 2.24) is 10.5 Å². The van der Waals surface area contributed by atoms with Gasteiger partial charge in [0.15, 0.2) is 0 Å². The molecule has 1 aromatic heterocycles. The van der Waals surface area contributed by atoms with Gasteiger partial charge in [0, 0.05) is 12.4 Å². The van der Waals surface area contributed by atoms with Crippen molar-refractivity contribution >= 4 is 21.6 Å².